The number of hydrogen-bond acceptors (Lipinski definition) is 7. The molecule has 0 amide bonds. The first-order chi connectivity index (χ1) is 19.7. The lowest BCUT2D eigenvalue weighted by molar-refractivity contribution is -0.192. The molecule has 1 aliphatic rings. The number of benzene rings is 3. The van der Waals surface area contributed by atoms with Crippen molar-refractivity contribution in [2.24, 2.45) is 0 Å². The molecule has 1 aromatic heterocycles. The highest BCUT2D eigenvalue weighted by Crippen LogP contribution is 2.37. The van der Waals surface area contributed by atoms with Crippen molar-refractivity contribution in [3.05, 3.63) is 105 Å². The van der Waals surface area contributed by atoms with Crippen molar-refractivity contribution in [2.45, 2.75) is 31.7 Å². The van der Waals surface area contributed by atoms with Crippen molar-refractivity contribution < 1.29 is 42.5 Å². The van der Waals surface area contributed by atoms with Crippen molar-refractivity contribution in [3.8, 4) is 0 Å². The van der Waals surface area contributed by atoms with Gasteiger partial charge in [-0.1, -0.05) is 48.5 Å². The molecular formula is C30H27F3N2O7. The van der Waals surface area contributed by atoms with E-state index in [0.717, 1.165) is 16.7 Å². The number of anilines is 2. The molecule has 0 aliphatic carbocycles. The molecular weight excluding hydrogens is 557 g/mol. The van der Waals surface area contributed by atoms with Crippen LogP contribution < -0.4 is 15.6 Å². The lowest BCUT2D eigenvalue weighted by Gasteiger charge is -2.47. The van der Waals surface area contributed by atoms with Gasteiger partial charge in [-0.15, -0.1) is 0 Å². The van der Waals surface area contributed by atoms with E-state index < -0.39 is 23.7 Å². The summed E-state index contributed by atoms with van der Waals surface area (Å²) in [6.45, 7) is 4.43. The van der Waals surface area contributed by atoms with E-state index in [9.17, 15) is 33.0 Å². The minimum absolute atomic E-state index is 0.166. The fourth-order valence-electron chi connectivity index (χ4n) is 4.68. The van der Waals surface area contributed by atoms with E-state index in [1.54, 1.807) is 30.3 Å². The van der Waals surface area contributed by atoms with E-state index in [1.165, 1.54) is 6.07 Å². The molecule has 220 valence electrons. The first kappa shape index (κ1) is 30.1. The summed E-state index contributed by atoms with van der Waals surface area (Å²) in [6, 6.07) is 21.0. The molecule has 3 aromatic carbocycles. The third-order valence-corrected chi connectivity index (χ3v) is 6.75. The quantitative estimate of drug-likeness (QED) is 0.237. The number of rotatable bonds is 6. The minimum Gasteiger partial charge on any atom is -0.478 e. The lowest BCUT2D eigenvalue weighted by Crippen LogP contribution is -2.59. The van der Waals surface area contributed by atoms with E-state index in [1.807, 2.05) is 55.1 Å². The Morgan fingerprint density at radius 3 is 2.19 bits per heavy atom. The van der Waals surface area contributed by atoms with Crippen molar-refractivity contribution in [2.75, 3.05) is 23.3 Å². The van der Waals surface area contributed by atoms with Crippen LogP contribution in [0.25, 0.3) is 11.0 Å². The Morgan fingerprint density at radius 2 is 1.60 bits per heavy atom. The number of carboxylic acids is 2. The zero-order valence-corrected chi connectivity index (χ0v) is 22.5. The number of hydrogen-bond donors (Lipinski definition) is 4. The number of aliphatic carboxylic acids is 1. The van der Waals surface area contributed by atoms with Crippen molar-refractivity contribution in [3.63, 3.8) is 0 Å². The SMILES string of the molecule is Cc1cc(C(C)Nc2ccccc2C(=O)O)c2oc(N3CC(O)(c4ccccc4)C3)cc(=O)c2c1.O=C(O)C(F)(F)F. The molecule has 1 aliphatic heterocycles. The summed E-state index contributed by atoms with van der Waals surface area (Å²) >= 11 is 0. The maximum Gasteiger partial charge on any atom is 0.490 e. The number of fused-ring (bicyclic) bond motifs is 1. The minimum atomic E-state index is -5.08. The number of alkyl halides is 3. The second-order valence-electron chi connectivity index (χ2n) is 9.95. The molecule has 0 bridgehead atoms. The van der Waals surface area contributed by atoms with E-state index in [0.29, 0.717) is 35.6 Å². The predicted octanol–water partition coefficient (Wildman–Crippen LogP) is 5.31. The van der Waals surface area contributed by atoms with E-state index >= 15 is 0 Å². The molecule has 1 atom stereocenters. The molecule has 4 N–H and O–H groups in total. The Bertz CT molecular complexity index is 1680. The van der Waals surface area contributed by atoms with Crippen LogP contribution in [0.4, 0.5) is 24.7 Å². The van der Waals surface area contributed by atoms with Gasteiger partial charge in [-0.25, -0.2) is 9.59 Å². The van der Waals surface area contributed by atoms with Crippen molar-refractivity contribution in [1.29, 1.82) is 0 Å². The average Bonchev–Trinajstić information content (AvgIpc) is 2.91. The highest BCUT2D eigenvalue weighted by Gasteiger charge is 2.44. The summed E-state index contributed by atoms with van der Waals surface area (Å²) < 4.78 is 38.0. The summed E-state index contributed by atoms with van der Waals surface area (Å²) in [7, 11) is 0. The Hall–Kier alpha value is -4.84. The van der Waals surface area contributed by atoms with Crippen LogP contribution in [0.1, 0.15) is 40.0 Å². The highest BCUT2D eigenvalue weighted by molar-refractivity contribution is 5.94. The van der Waals surface area contributed by atoms with Gasteiger partial charge in [0.2, 0.25) is 0 Å². The van der Waals surface area contributed by atoms with Crippen LogP contribution in [0.3, 0.4) is 0 Å². The van der Waals surface area contributed by atoms with Crippen LogP contribution in [-0.4, -0.2) is 46.5 Å². The van der Waals surface area contributed by atoms with Gasteiger partial charge < -0.3 is 30.0 Å². The number of aromatic carboxylic acids is 1. The monoisotopic (exact) mass is 584 g/mol. The fourth-order valence-corrected chi connectivity index (χ4v) is 4.68. The van der Waals surface area contributed by atoms with Gasteiger partial charge in [0.15, 0.2) is 11.3 Å². The summed E-state index contributed by atoms with van der Waals surface area (Å²) in [5.74, 6) is -3.38. The predicted molar refractivity (Wildman–Crippen MR) is 149 cm³/mol. The van der Waals surface area contributed by atoms with Gasteiger partial charge in [0.05, 0.1) is 30.1 Å². The second-order valence-corrected chi connectivity index (χ2v) is 9.95. The number of nitrogens with one attached hydrogen (secondary N) is 1. The Kier molecular flexibility index (Phi) is 8.30. The molecule has 0 radical (unpaired) electrons. The van der Waals surface area contributed by atoms with Gasteiger partial charge in [-0.3, -0.25) is 4.79 Å². The van der Waals surface area contributed by atoms with Crippen LogP contribution in [0, 0.1) is 6.92 Å². The molecule has 9 nitrogen and oxygen atoms in total. The zero-order chi connectivity index (χ0) is 30.8. The Labute approximate surface area is 237 Å². The average molecular weight is 585 g/mol. The molecule has 5 rings (SSSR count). The summed E-state index contributed by atoms with van der Waals surface area (Å²) in [4.78, 5) is 35.4. The smallest absolute Gasteiger partial charge is 0.478 e. The number of carboxylic acid groups (broad SMARTS) is 2. The molecule has 0 spiro atoms. The topological polar surface area (TPSA) is 140 Å². The van der Waals surface area contributed by atoms with Crippen molar-refractivity contribution in [1.82, 2.24) is 0 Å². The summed E-state index contributed by atoms with van der Waals surface area (Å²) in [5.41, 5.74) is 2.40. The highest BCUT2D eigenvalue weighted by atomic mass is 19.4. The Balaban J connectivity index is 0.000000517. The van der Waals surface area contributed by atoms with E-state index in [-0.39, 0.29) is 17.0 Å². The third-order valence-electron chi connectivity index (χ3n) is 6.75. The standard InChI is InChI=1S/C28H26N2O5.C2HF3O2/c1-17-12-21(18(2)29-23-11-7-6-10-20(23)27(32)33)26-22(13-17)24(31)14-25(35-26)30-15-28(34,16-30)19-8-4-3-5-9-19;3-2(4,5)1(6)7/h3-14,18,29,34H,15-16H2,1-2H3,(H,32,33);(H,6,7). The third kappa shape index (κ3) is 6.39. The second kappa shape index (κ2) is 11.6. The molecule has 2 heterocycles. The maximum absolute atomic E-state index is 13.1. The molecule has 1 saturated heterocycles. The van der Waals surface area contributed by atoms with Crippen LogP contribution in [0.2, 0.25) is 0 Å². The number of carbonyl (C=O) groups is 2. The largest absolute Gasteiger partial charge is 0.490 e. The molecule has 4 aromatic rings. The van der Waals surface area contributed by atoms with Crippen LogP contribution in [0.5, 0.6) is 0 Å². The number of nitrogens with zero attached hydrogens (tertiary/aromatic N) is 1. The van der Waals surface area contributed by atoms with Gasteiger partial charge >= 0.3 is 18.1 Å². The van der Waals surface area contributed by atoms with Crippen LogP contribution in [0.15, 0.2) is 82.0 Å². The number of halogens is 3. The molecule has 0 saturated carbocycles. The first-order valence-electron chi connectivity index (χ1n) is 12.7. The lowest BCUT2D eigenvalue weighted by atomic mass is 9.86. The zero-order valence-electron chi connectivity index (χ0n) is 22.5. The molecule has 12 heteroatoms. The summed E-state index contributed by atoms with van der Waals surface area (Å²) in [5, 5.41) is 31.4. The van der Waals surface area contributed by atoms with E-state index in [4.69, 9.17) is 14.3 Å². The molecule has 1 unspecified atom stereocenters. The number of para-hydroxylation sites is 1. The van der Waals surface area contributed by atoms with Gasteiger partial charge in [-0.05, 0) is 43.2 Å². The maximum atomic E-state index is 13.1. The number of β-amino-alcohol motifs (C(OH)–C–C–N with tert-alkyl or cyclic N) is 1. The van der Waals surface area contributed by atoms with Crippen molar-refractivity contribution >= 4 is 34.5 Å². The first-order valence-corrected chi connectivity index (χ1v) is 12.7. The van der Waals surface area contributed by atoms with Gasteiger partial charge in [0.25, 0.3) is 0 Å². The van der Waals surface area contributed by atoms with Crippen LogP contribution >= 0.6 is 0 Å². The van der Waals surface area contributed by atoms with E-state index in [2.05, 4.69) is 5.32 Å². The number of aryl methyl sites for hydroxylation is 1. The number of aliphatic hydroxyl groups is 1. The van der Waals surface area contributed by atoms with Gasteiger partial charge in [0.1, 0.15) is 11.2 Å². The molecule has 1 fully saturated rings. The van der Waals surface area contributed by atoms with Gasteiger partial charge in [-0.2, -0.15) is 13.2 Å². The van der Waals surface area contributed by atoms with Gasteiger partial charge in [0, 0.05) is 17.3 Å². The normalized spacial score (nSPS) is 14.8. The summed E-state index contributed by atoms with van der Waals surface area (Å²) in [6.07, 6.45) is -5.08. The molecule has 42 heavy (non-hydrogen) atoms. The Morgan fingerprint density at radius 1 is 1.00 bits per heavy atom. The van der Waals surface area contributed by atoms with Crippen LogP contribution in [-0.2, 0) is 10.4 Å². The fraction of sp³-hybridized carbons (Fsp3) is 0.233.